The van der Waals surface area contributed by atoms with Gasteiger partial charge in [-0.15, -0.1) is 10.2 Å². The van der Waals surface area contributed by atoms with Crippen molar-refractivity contribution in [3.63, 3.8) is 0 Å². The number of halogens is 1. The topological polar surface area (TPSA) is 101 Å². The number of nitrogens with zero attached hydrogens (tertiary/aromatic N) is 5. The third-order valence-corrected chi connectivity index (χ3v) is 5.92. The van der Waals surface area contributed by atoms with E-state index >= 15 is 0 Å². The van der Waals surface area contributed by atoms with Crippen molar-refractivity contribution in [1.82, 2.24) is 30.4 Å². The summed E-state index contributed by atoms with van der Waals surface area (Å²) in [4.78, 5) is 13.2. The van der Waals surface area contributed by atoms with Crippen LogP contribution in [-0.4, -0.2) is 36.3 Å². The summed E-state index contributed by atoms with van der Waals surface area (Å²) in [5.41, 5.74) is 3.38. The largest absolute Gasteiger partial charge is 0.325 e. The van der Waals surface area contributed by atoms with Crippen molar-refractivity contribution in [2.75, 3.05) is 5.32 Å². The van der Waals surface area contributed by atoms with Crippen LogP contribution in [0.3, 0.4) is 0 Å². The summed E-state index contributed by atoms with van der Waals surface area (Å²) in [6.07, 6.45) is 3.91. The van der Waals surface area contributed by atoms with Gasteiger partial charge in [-0.25, -0.2) is 9.07 Å². The highest BCUT2D eigenvalue weighted by molar-refractivity contribution is 6.02. The summed E-state index contributed by atoms with van der Waals surface area (Å²) in [5, 5.41) is 21.8. The predicted octanol–water partition coefficient (Wildman–Crippen LogP) is 3.73. The van der Waals surface area contributed by atoms with Crippen LogP contribution in [0.1, 0.15) is 36.6 Å². The molecular weight excluding hydrogens is 409 g/mol. The van der Waals surface area contributed by atoms with E-state index in [4.69, 9.17) is 0 Å². The Labute approximate surface area is 183 Å². The van der Waals surface area contributed by atoms with Gasteiger partial charge < -0.3 is 5.32 Å². The molecule has 1 amide bonds. The fourth-order valence-electron chi connectivity index (χ4n) is 3.96. The summed E-state index contributed by atoms with van der Waals surface area (Å²) in [7, 11) is 0. The molecule has 162 valence electrons. The van der Waals surface area contributed by atoms with Crippen LogP contribution < -0.4 is 5.32 Å². The van der Waals surface area contributed by atoms with E-state index in [2.05, 4.69) is 31.0 Å². The van der Waals surface area contributed by atoms with Gasteiger partial charge in [0, 0.05) is 17.4 Å². The molecule has 1 aliphatic rings. The standard InChI is InChI=1S/C23H22FN7O/c1-3-15-8-11-31(28-15)20-7-5-16(13-17(20)21-26-29-30-27-21)25-22(32)23(9-10-23)18-6-4-14(2)12-19(18)24/h4-8,11-13H,3,9-10H2,1-2H3,(H,25,32)(H,26,27,29,30). The number of nitrogens with one attached hydrogen (secondary N) is 2. The minimum absolute atomic E-state index is 0.223. The lowest BCUT2D eigenvalue weighted by atomic mass is 9.93. The molecule has 0 saturated heterocycles. The molecule has 2 heterocycles. The molecule has 8 nitrogen and oxygen atoms in total. The van der Waals surface area contributed by atoms with Crippen molar-refractivity contribution in [1.29, 1.82) is 0 Å². The van der Waals surface area contributed by atoms with E-state index in [-0.39, 0.29) is 11.7 Å². The third-order valence-electron chi connectivity index (χ3n) is 5.92. The van der Waals surface area contributed by atoms with E-state index < -0.39 is 5.41 Å². The highest BCUT2D eigenvalue weighted by Crippen LogP contribution is 2.50. The van der Waals surface area contributed by atoms with Gasteiger partial charge in [-0.2, -0.15) is 10.3 Å². The maximum Gasteiger partial charge on any atom is 0.235 e. The first-order chi connectivity index (χ1) is 15.5. The summed E-state index contributed by atoms with van der Waals surface area (Å²) >= 11 is 0. The summed E-state index contributed by atoms with van der Waals surface area (Å²) < 4.78 is 16.3. The number of carbonyl (C=O) groups excluding carboxylic acids is 1. The Morgan fingerprint density at radius 2 is 2.06 bits per heavy atom. The number of hydrogen-bond acceptors (Lipinski definition) is 5. The van der Waals surface area contributed by atoms with E-state index in [0.717, 1.165) is 23.4 Å². The van der Waals surface area contributed by atoms with Crippen LogP contribution in [-0.2, 0) is 16.6 Å². The molecule has 1 fully saturated rings. The van der Waals surface area contributed by atoms with Gasteiger partial charge in [0.05, 0.1) is 22.4 Å². The molecule has 0 atom stereocenters. The first-order valence-electron chi connectivity index (χ1n) is 10.5. The van der Waals surface area contributed by atoms with Gasteiger partial charge in [0.2, 0.25) is 11.7 Å². The molecule has 32 heavy (non-hydrogen) atoms. The van der Waals surface area contributed by atoms with Gasteiger partial charge in [-0.1, -0.05) is 19.1 Å². The van der Waals surface area contributed by atoms with Crippen molar-refractivity contribution in [3.8, 4) is 17.1 Å². The zero-order valence-corrected chi connectivity index (χ0v) is 17.8. The smallest absolute Gasteiger partial charge is 0.235 e. The van der Waals surface area contributed by atoms with Crippen LogP contribution in [0.15, 0.2) is 48.7 Å². The molecule has 2 aromatic carbocycles. The van der Waals surface area contributed by atoms with Gasteiger partial charge in [-0.3, -0.25) is 4.79 Å². The maximum atomic E-state index is 14.6. The Bertz CT molecular complexity index is 1290. The van der Waals surface area contributed by atoms with Crippen LogP contribution in [0.2, 0.25) is 0 Å². The molecule has 9 heteroatoms. The van der Waals surface area contributed by atoms with E-state index in [1.54, 1.807) is 22.9 Å². The molecule has 4 aromatic rings. The number of anilines is 1. The monoisotopic (exact) mass is 431 g/mol. The van der Waals surface area contributed by atoms with Gasteiger partial charge >= 0.3 is 0 Å². The van der Waals surface area contributed by atoms with Crippen molar-refractivity contribution < 1.29 is 9.18 Å². The van der Waals surface area contributed by atoms with E-state index in [1.165, 1.54) is 6.07 Å². The first-order valence-corrected chi connectivity index (χ1v) is 10.5. The van der Waals surface area contributed by atoms with Gasteiger partial charge in [0.15, 0.2) is 0 Å². The first kappa shape index (κ1) is 20.0. The number of aromatic amines is 1. The maximum absolute atomic E-state index is 14.6. The molecule has 1 aliphatic carbocycles. The van der Waals surface area contributed by atoms with Crippen molar-refractivity contribution in [2.45, 2.75) is 38.5 Å². The second kappa shape index (κ2) is 7.67. The number of hydrogen-bond donors (Lipinski definition) is 2. The van der Waals surface area contributed by atoms with Gasteiger partial charge in [0.25, 0.3) is 0 Å². The van der Waals surface area contributed by atoms with Crippen LogP contribution in [0, 0.1) is 12.7 Å². The van der Waals surface area contributed by atoms with E-state index in [9.17, 15) is 9.18 Å². The molecule has 2 N–H and O–H groups in total. The number of rotatable bonds is 6. The Morgan fingerprint density at radius 1 is 1.22 bits per heavy atom. The fourth-order valence-corrected chi connectivity index (χ4v) is 3.96. The Kier molecular flexibility index (Phi) is 4.80. The molecule has 0 spiro atoms. The lowest BCUT2D eigenvalue weighted by Gasteiger charge is -2.18. The van der Waals surface area contributed by atoms with Crippen molar-refractivity contribution in [2.24, 2.45) is 0 Å². The number of aryl methyl sites for hydroxylation is 2. The second-order valence-corrected chi connectivity index (χ2v) is 8.09. The highest BCUT2D eigenvalue weighted by Gasteiger charge is 2.52. The zero-order valence-electron chi connectivity index (χ0n) is 17.8. The molecule has 1 saturated carbocycles. The van der Waals surface area contributed by atoms with Crippen molar-refractivity contribution >= 4 is 11.6 Å². The lowest BCUT2D eigenvalue weighted by molar-refractivity contribution is -0.118. The average molecular weight is 431 g/mol. The van der Waals surface area contributed by atoms with Crippen LogP contribution in [0.25, 0.3) is 17.1 Å². The minimum Gasteiger partial charge on any atom is -0.325 e. The number of aromatic nitrogens is 6. The molecule has 0 radical (unpaired) electrons. The Morgan fingerprint density at radius 3 is 2.72 bits per heavy atom. The number of benzene rings is 2. The van der Waals surface area contributed by atoms with Crippen LogP contribution in [0.4, 0.5) is 10.1 Å². The fraction of sp³-hybridized carbons (Fsp3) is 0.261. The number of H-pyrrole nitrogens is 1. The van der Waals surface area contributed by atoms with E-state index in [0.29, 0.717) is 35.5 Å². The normalized spacial score (nSPS) is 14.3. The number of carbonyl (C=O) groups is 1. The zero-order chi connectivity index (χ0) is 22.3. The highest BCUT2D eigenvalue weighted by atomic mass is 19.1. The second-order valence-electron chi connectivity index (χ2n) is 8.09. The molecule has 5 rings (SSSR count). The quantitative estimate of drug-likeness (QED) is 0.484. The van der Waals surface area contributed by atoms with Crippen LogP contribution in [0.5, 0.6) is 0 Å². The predicted molar refractivity (Wildman–Crippen MR) is 117 cm³/mol. The van der Waals surface area contributed by atoms with Gasteiger partial charge in [-0.05, 0) is 67.3 Å². The molecular formula is C23H22FN7O. The third kappa shape index (κ3) is 3.45. The summed E-state index contributed by atoms with van der Waals surface area (Å²) in [6.45, 7) is 3.87. The molecule has 2 aromatic heterocycles. The molecule has 0 unspecified atom stereocenters. The number of amides is 1. The van der Waals surface area contributed by atoms with Gasteiger partial charge in [0.1, 0.15) is 5.82 Å². The Hall–Kier alpha value is -3.88. The summed E-state index contributed by atoms with van der Waals surface area (Å²) in [6, 6.07) is 12.4. The SMILES string of the molecule is CCc1ccn(-c2ccc(NC(=O)C3(c4ccc(C)cc4F)CC3)cc2-c2nn[nH]n2)n1. The van der Waals surface area contributed by atoms with E-state index in [1.807, 2.05) is 38.2 Å². The molecule has 0 bridgehead atoms. The average Bonchev–Trinajstić information content (AvgIpc) is 3.19. The minimum atomic E-state index is -0.833. The Balaban J connectivity index is 1.48. The molecule has 0 aliphatic heterocycles. The van der Waals surface area contributed by atoms with Crippen molar-refractivity contribution in [3.05, 3.63) is 71.3 Å². The van der Waals surface area contributed by atoms with Crippen LogP contribution >= 0.6 is 0 Å². The summed E-state index contributed by atoms with van der Waals surface area (Å²) in [5.74, 6) is -0.180. The lowest BCUT2D eigenvalue weighted by Crippen LogP contribution is -2.28. The number of tetrazole rings is 1.